The second-order valence-electron chi connectivity index (χ2n) is 15.5. The molecule has 56 heavy (non-hydrogen) atoms. The number of carbonyl (C=O) groups excluding carboxylic acids is 4. The van der Waals surface area contributed by atoms with Gasteiger partial charge in [0.15, 0.2) is 0 Å². The number of likely N-dealkylation sites (tertiary alicyclic amines) is 1. The number of hydrogen-bond donors (Lipinski definition) is 4. The molecule has 294 valence electrons. The van der Waals surface area contributed by atoms with E-state index >= 15 is 0 Å². The van der Waals surface area contributed by atoms with Crippen LogP contribution in [0.25, 0.3) is 10.9 Å². The largest absolute Gasteiger partial charge is 0.382 e. The lowest BCUT2D eigenvalue weighted by molar-refractivity contribution is -0.134. The van der Waals surface area contributed by atoms with Crippen LogP contribution in [0.4, 0.5) is 22.9 Å². The third-order valence-electron chi connectivity index (χ3n) is 11.7. The summed E-state index contributed by atoms with van der Waals surface area (Å²) in [6.07, 6.45) is 13.0. The molecule has 2 aromatic carbocycles. The topological polar surface area (TPSA) is 184 Å². The summed E-state index contributed by atoms with van der Waals surface area (Å²) >= 11 is 6.57. The van der Waals surface area contributed by atoms with E-state index in [2.05, 4.69) is 57.6 Å². The first kappa shape index (κ1) is 37.6. The molecule has 4 aliphatic heterocycles. The van der Waals surface area contributed by atoms with Gasteiger partial charge in [-0.2, -0.15) is 5.10 Å². The van der Waals surface area contributed by atoms with Crippen molar-refractivity contribution in [1.29, 1.82) is 0 Å². The van der Waals surface area contributed by atoms with Crippen LogP contribution in [-0.4, -0.2) is 100 Å². The molecule has 15 nitrogen and oxygen atoms in total. The van der Waals surface area contributed by atoms with E-state index < -0.39 is 17.9 Å². The first-order chi connectivity index (χ1) is 27.2. The van der Waals surface area contributed by atoms with E-state index in [0.717, 1.165) is 112 Å². The van der Waals surface area contributed by atoms with Crippen molar-refractivity contribution < 1.29 is 19.2 Å². The highest BCUT2D eigenvalue weighted by atomic mass is 35.5. The minimum atomic E-state index is -0.751. The lowest BCUT2D eigenvalue weighted by Crippen LogP contribution is -2.52. The molecule has 0 bridgehead atoms. The van der Waals surface area contributed by atoms with Crippen molar-refractivity contribution in [2.24, 2.45) is 5.92 Å². The molecule has 0 radical (unpaired) electrons. The second kappa shape index (κ2) is 16.4. The summed E-state index contributed by atoms with van der Waals surface area (Å²) in [5.74, 6) is -0.702. The Morgan fingerprint density at radius 1 is 0.875 bits per heavy atom. The fourth-order valence-electron chi connectivity index (χ4n) is 8.46. The minimum Gasteiger partial charge on any atom is -0.382 e. The highest BCUT2D eigenvalue weighted by molar-refractivity contribution is 6.34. The maximum Gasteiger partial charge on any atom is 0.275 e. The van der Waals surface area contributed by atoms with Crippen molar-refractivity contribution in [3.63, 3.8) is 0 Å². The first-order valence-corrected chi connectivity index (χ1v) is 20.1. The van der Waals surface area contributed by atoms with Crippen molar-refractivity contribution in [3.8, 4) is 0 Å². The molecule has 0 unspecified atom stereocenters. The summed E-state index contributed by atoms with van der Waals surface area (Å²) < 4.78 is 2.13. The number of rotatable bonds is 9. The van der Waals surface area contributed by atoms with Crippen molar-refractivity contribution in [2.75, 3.05) is 66.7 Å². The third kappa shape index (κ3) is 8.43. The second-order valence-corrected chi connectivity index (χ2v) is 15.9. The Morgan fingerprint density at radius 3 is 2.38 bits per heavy atom. The number of anilines is 4. The average Bonchev–Trinajstić information content (AvgIpc) is 3.63. The Balaban J connectivity index is 0.844. The number of amides is 4. The number of nitrogens with two attached hydrogens (primary N) is 1. The monoisotopic (exact) mass is 781 g/mol. The Morgan fingerprint density at radius 2 is 1.66 bits per heavy atom. The number of hydrogen-bond acceptors (Lipinski definition) is 11. The van der Waals surface area contributed by atoms with Gasteiger partial charge in [0.25, 0.3) is 11.8 Å². The van der Waals surface area contributed by atoms with E-state index in [4.69, 9.17) is 22.4 Å². The predicted molar refractivity (Wildman–Crippen MR) is 215 cm³/mol. The maximum atomic E-state index is 13.2. The third-order valence-corrected chi connectivity index (χ3v) is 12.0. The average molecular weight is 782 g/mol. The number of nitrogens with zero attached hydrogens (tertiary/aromatic N) is 7. The van der Waals surface area contributed by atoms with Gasteiger partial charge in [-0.15, -0.1) is 0 Å². The van der Waals surface area contributed by atoms with Gasteiger partial charge >= 0.3 is 0 Å². The Bertz CT molecular complexity index is 2100. The highest BCUT2D eigenvalue weighted by Crippen LogP contribution is 2.35. The fraction of sp³-hybridized carbons (Fsp3) is 0.475. The van der Waals surface area contributed by atoms with Crippen molar-refractivity contribution in [1.82, 2.24) is 35.3 Å². The van der Waals surface area contributed by atoms with E-state index in [1.165, 1.54) is 18.8 Å². The summed E-state index contributed by atoms with van der Waals surface area (Å²) in [6.45, 7) is 6.80. The predicted octanol–water partition coefficient (Wildman–Crippen LogP) is 4.39. The molecular weight excluding hydrogens is 734 g/mol. The number of carbonyl (C=O) groups is 4. The summed E-state index contributed by atoms with van der Waals surface area (Å²) in [5.41, 5.74) is 9.84. The minimum absolute atomic E-state index is 0.190. The molecule has 16 heteroatoms. The highest BCUT2D eigenvalue weighted by Gasteiger charge is 2.30. The van der Waals surface area contributed by atoms with Crippen LogP contribution < -0.4 is 31.5 Å². The van der Waals surface area contributed by atoms with Gasteiger partial charge in [-0.3, -0.25) is 29.2 Å². The zero-order chi connectivity index (χ0) is 38.8. The number of aromatic nitrogens is 4. The molecule has 4 aliphatic rings. The van der Waals surface area contributed by atoms with Gasteiger partial charge in [0.05, 0.1) is 45.9 Å². The van der Waals surface area contributed by atoms with Crippen LogP contribution in [0.2, 0.25) is 5.02 Å². The number of piperidine rings is 4. The van der Waals surface area contributed by atoms with Crippen LogP contribution >= 0.6 is 11.6 Å². The molecule has 5 N–H and O–H groups in total. The van der Waals surface area contributed by atoms with Gasteiger partial charge in [-0.1, -0.05) is 11.6 Å². The molecule has 4 amide bonds. The lowest BCUT2D eigenvalue weighted by Gasteiger charge is -2.38. The molecule has 4 fully saturated rings. The van der Waals surface area contributed by atoms with E-state index in [1.807, 2.05) is 18.2 Å². The van der Waals surface area contributed by atoms with E-state index in [9.17, 15) is 19.2 Å². The van der Waals surface area contributed by atoms with Crippen LogP contribution in [0.1, 0.15) is 84.7 Å². The van der Waals surface area contributed by atoms with Crippen molar-refractivity contribution in [2.45, 2.75) is 69.9 Å². The zero-order valence-corrected chi connectivity index (χ0v) is 32.1. The molecule has 4 saturated heterocycles. The number of halogens is 1. The molecule has 1 atom stereocenters. The zero-order valence-electron chi connectivity index (χ0n) is 31.4. The van der Waals surface area contributed by atoms with Gasteiger partial charge in [0.1, 0.15) is 17.6 Å². The van der Waals surface area contributed by atoms with Gasteiger partial charge < -0.3 is 31.1 Å². The molecule has 0 saturated carbocycles. The smallest absolute Gasteiger partial charge is 0.275 e. The SMILES string of the molecule is Nc1cnc(C(=O)Nc2cc3cn(C4CCN(CC5CCN(c6ccc(C(=O)N[C@H]7CCC(=O)NC7=O)c(Cl)c6)CC5)CC4)nc3cc2N2CCCCC2)cn1. The van der Waals surface area contributed by atoms with Gasteiger partial charge in [0, 0.05) is 69.5 Å². The number of benzene rings is 2. The van der Waals surface area contributed by atoms with Crippen molar-refractivity contribution >= 4 is 69.0 Å². The van der Waals surface area contributed by atoms with Gasteiger partial charge in [-0.25, -0.2) is 9.97 Å². The van der Waals surface area contributed by atoms with Crippen molar-refractivity contribution in [3.05, 3.63) is 65.2 Å². The molecule has 8 rings (SSSR count). The molecule has 6 heterocycles. The van der Waals surface area contributed by atoms with E-state index in [-0.39, 0.29) is 36.2 Å². The fourth-order valence-corrected chi connectivity index (χ4v) is 8.72. The maximum absolute atomic E-state index is 13.2. The molecule has 0 aliphatic carbocycles. The standard InChI is InChI=1S/C40H48ClN11O4/c41-30-19-28(4-5-29(30)38(54)45-31-6-7-37(53)47-39(31)55)50-16-8-25(9-17-50)23-49-14-10-27(11-15-49)52-24-26-18-33(46-40(56)34-21-44-36(42)22-43-34)35(20-32(26)48-52)51-12-2-1-3-13-51/h4-5,18-22,24-25,27,31H,1-3,6-17,23H2,(H2,42,44)(H,45,54)(H,46,56)(H,47,53,55)/t31-/m0/s1. The Kier molecular flexibility index (Phi) is 11.1. The number of imide groups is 1. The van der Waals surface area contributed by atoms with Gasteiger partial charge in [-0.05, 0) is 87.6 Å². The van der Waals surface area contributed by atoms with Crippen LogP contribution in [0.5, 0.6) is 0 Å². The summed E-state index contributed by atoms with van der Waals surface area (Å²) in [7, 11) is 0. The van der Waals surface area contributed by atoms with Crippen LogP contribution in [-0.2, 0) is 9.59 Å². The molecule has 4 aromatic rings. The first-order valence-electron chi connectivity index (χ1n) is 19.7. The number of fused-ring (bicyclic) bond motifs is 1. The Labute approximate surface area is 330 Å². The summed E-state index contributed by atoms with van der Waals surface area (Å²) in [4.78, 5) is 65.0. The Hall–Kier alpha value is -5.28. The van der Waals surface area contributed by atoms with E-state index in [0.29, 0.717) is 22.5 Å². The summed E-state index contributed by atoms with van der Waals surface area (Å²) in [6, 6.07) is 9.16. The van der Waals surface area contributed by atoms with E-state index in [1.54, 1.807) is 6.07 Å². The van der Waals surface area contributed by atoms with Gasteiger partial charge in [0.2, 0.25) is 11.8 Å². The van der Waals surface area contributed by atoms with Crippen LogP contribution in [0.15, 0.2) is 48.9 Å². The number of nitrogens with one attached hydrogen (secondary N) is 3. The quantitative estimate of drug-likeness (QED) is 0.177. The van der Waals surface area contributed by atoms with Crippen LogP contribution in [0.3, 0.4) is 0 Å². The molecular formula is C40H48ClN11O4. The molecule has 2 aromatic heterocycles. The normalized spacial score (nSPS) is 20.3. The molecule has 0 spiro atoms. The van der Waals surface area contributed by atoms with Crippen LogP contribution in [0, 0.1) is 5.92 Å². The lowest BCUT2D eigenvalue weighted by atomic mass is 9.94. The summed E-state index contributed by atoms with van der Waals surface area (Å²) in [5, 5.41) is 14.5. The number of nitrogen functional groups attached to an aromatic ring is 1.